The van der Waals surface area contributed by atoms with E-state index in [1.165, 1.54) is 16.1 Å². The Balaban J connectivity index is 1.90. The zero-order valence-electron chi connectivity index (χ0n) is 23.1. The maximum absolute atomic E-state index is 12.3. The van der Waals surface area contributed by atoms with E-state index in [0.717, 1.165) is 23.6 Å². The molecule has 0 amide bonds. The maximum atomic E-state index is 12.3. The first-order chi connectivity index (χ1) is 17.3. The van der Waals surface area contributed by atoms with Gasteiger partial charge in [0.15, 0.2) is 0 Å². The van der Waals surface area contributed by atoms with Gasteiger partial charge in [0.25, 0.3) is 0 Å². The molecule has 0 aliphatic carbocycles. The largest absolute Gasteiger partial charge is 0.485 e. The van der Waals surface area contributed by atoms with Crippen LogP contribution in [0.2, 0.25) is 0 Å². The van der Waals surface area contributed by atoms with E-state index in [1.807, 2.05) is 19.1 Å². The van der Waals surface area contributed by atoms with E-state index in [-0.39, 0.29) is 11.5 Å². The lowest BCUT2D eigenvalue weighted by atomic mass is 9.72. The van der Waals surface area contributed by atoms with Gasteiger partial charge in [0.1, 0.15) is 11.4 Å². The molecule has 1 unspecified atom stereocenters. The first-order valence-electron chi connectivity index (χ1n) is 13.0. The highest BCUT2D eigenvalue weighted by Gasteiger charge is 2.38. The number of carbonyl (C=O) groups is 1. The third-order valence-electron chi connectivity index (χ3n) is 7.22. The van der Waals surface area contributed by atoms with Crippen LogP contribution in [0.25, 0.3) is 0 Å². The topological polar surface area (TPSA) is 118 Å². The minimum absolute atomic E-state index is 0.226. The van der Waals surface area contributed by atoms with Crippen molar-refractivity contribution in [2.24, 2.45) is 17.0 Å². The number of nitrogens with two attached hydrogens (primary N) is 2. The van der Waals surface area contributed by atoms with E-state index in [4.69, 9.17) is 16.3 Å². The molecule has 1 aliphatic rings. The first kappa shape index (κ1) is 28.5. The molecule has 0 spiro atoms. The summed E-state index contributed by atoms with van der Waals surface area (Å²) in [7, 11) is 0. The number of pyridine rings is 1. The normalized spacial score (nSPS) is 16.9. The second-order valence-corrected chi connectivity index (χ2v) is 11.3. The predicted octanol–water partition coefficient (Wildman–Crippen LogP) is 4.53. The molecule has 1 aliphatic heterocycles. The molecule has 0 fully saturated rings. The van der Waals surface area contributed by atoms with Crippen molar-refractivity contribution in [2.45, 2.75) is 79.0 Å². The van der Waals surface area contributed by atoms with E-state index in [1.54, 1.807) is 26.2 Å². The van der Waals surface area contributed by atoms with Gasteiger partial charge in [0.2, 0.25) is 0 Å². The fourth-order valence-electron chi connectivity index (χ4n) is 4.98. The van der Waals surface area contributed by atoms with Gasteiger partial charge in [-0.05, 0) is 89.1 Å². The van der Waals surface area contributed by atoms with Gasteiger partial charge in [0.05, 0.1) is 11.1 Å². The number of hydrazine groups is 1. The van der Waals surface area contributed by atoms with Crippen LogP contribution in [0.15, 0.2) is 48.4 Å². The second-order valence-electron chi connectivity index (χ2n) is 11.3. The van der Waals surface area contributed by atoms with Gasteiger partial charge in [-0.15, -0.1) is 0 Å². The van der Waals surface area contributed by atoms with Crippen LogP contribution in [-0.4, -0.2) is 44.7 Å². The standard InChI is InChI=1S/C29H43N5O3/c1-7-34(31)17-23(30)12-13-24(29(5,6)27(35)36)21-11-10-20(2)22(15-21)16-33-18-25-26(9-8-14-32-25)37-28(3,4)19-33/h8-11,14-15,17,24H,7,12-13,16,18-19,30-31H2,1-6H3,(H,35,36)/b23-17-. The van der Waals surface area contributed by atoms with Crippen molar-refractivity contribution in [3.05, 3.63) is 70.8 Å². The molecule has 0 saturated heterocycles. The summed E-state index contributed by atoms with van der Waals surface area (Å²) in [6, 6.07) is 10.2. The summed E-state index contributed by atoms with van der Waals surface area (Å²) < 4.78 is 6.27. The number of nitrogens with zero attached hydrogens (tertiary/aromatic N) is 3. The number of ether oxygens (including phenoxy) is 1. The van der Waals surface area contributed by atoms with Crippen LogP contribution >= 0.6 is 0 Å². The summed E-state index contributed by atoms with van der Waals surface area (Å²) in [5.74, 6) is 5.65. The van der Waals surface area contributed by atoms with E-state index < -0.39 is 11.4 Å². The lowest BCUT2D eigenvalue weighted by molar-refractivity contribution is -0.148. The van der Waals surface area contributed by atoms with Crippen LogP contribution < -0.4 is 16.3 Å². The van der Waals surface area contributed by atoms with Gasteiger partial charge in [-0.1, -0.05) is 18.2 Å². The molecule has 0 saturated carbocycles. The van der Waals surface area contributed by atoms with Crippen molar-refractivity contribution >= 4 is 5.97 Å². The number of allylic oxidation sites excluding steroid dienone is 1. The Kier molecular flexibility index (Phi) is 8.87. The van der Waals surface area contributed by atoms with E-state index in [9.17, 15) is 9.90 Å². The average Bonchev–Trinajstić information content (AvgIpc) is 2.94. The summed E-state index contributed by atoms with van der Waals surface area (Å²) in [6.07, 6.45) is 4.68. The lowest BCUT2D eigenvalue weighted by Gasteiger charge is -2.32. The molecule has 1 aromatic heterocycles. The number of aryl methyl sites for hydroxylation is 1. The van der Waals surface area contributed by atoms with Crippen molar-refractivity contribution < 1.29 is 14.6 Å². The highest BCUT2D eigenvalue weighted by Crippen LogP contribution is 2.41. The number of benzene rings is 1. The first-order valence-corrected chi connectivity index (χ1v) is 13.0. The number of aliphatic carboxylic acids is 1. The third-order valence-corrected chi connectivity index (χ3v) is 7.22. The number of hydrogen-bond donors (Lipinski definition) is 3. The van der Waals surface area contributed by atoms with Gasteiger partial charge in [-0.2, -0.15) is 0 Å². The van der Waals surface area contributed by atoms with Gasteiger partial charge in [-0.25, -0.2) is 5.84 Å². The Hall–Kier alpha value is -3.10. The fraction of sp³-hybridized carbons (Fsp3) is 0.517. The molecule has 1 atom stereocenters. The summed E-state index contributed by atoms with van der Waals surface area (Å²) in [5, 5.41) is 11.6. The Morgan fingerprint density at radius 2 is 2.08 bits per heavy atom. The van der Waals surface area contributed by atoms with Crippen molar-refractivity contribution in [2.75, 3.05) is 13.1 Å². The molecule has 2 heterocycles. The average molecular weight is 510 g/mol. The SMILES string of the molecule is CCN(N)/C=C(\N)CCC(c1ccc(C)c(CN2Cc3ncccc3OC(C)(C)C2)c1)C(C)(C)C(=O)O. The van der Waals surface area contributed by atoms with Gasteiger partial charge in [-0.3, -0.25) is 14.7 Å². The molecule has 0 bridgehead atoms. The monoisotopic (exact) mass is 509 g/mol. The third kappa shape index (κ3) is 7.23. The quantitative estimate of drug-likeness (QED) is 0.316. The molecule has 2 aromatic rings. The van der Waals surface area contributed by atoms with Gasteiger partial charge < -0.3 is 20.6 Å². The van der Waals surface area contributed by atoms with Crippen molar-refractivity contribution in [3.8, 4) is 5.75 Å². The number of rotatable bonds is 10. The van der Waals surface area contributed by atoms with Gasteiger partial charge in [0, 0.05) is 44.3 Å². The van der Waals surface area contributed by atoms with Crippen LogP contribution in [0.3, 0.4) is 0 Å². The highest BCUT2D eigenvalue weighted by molar-refractivity contribution is 5.75. The number of carboxylic acid groups (broad SMARTS) is 1. The fourth-order valence-corrected chi connectivity index (χ4v) is 4.98. The molecular weight excluding hydrogens is 466 g/mol. The zero-order valence-corrected chi connectivity index (χ0v) is 23.1. The number of aromatic nitrogens is 1. The molecule has 8 heteroatoms. The number of carboxylic acids is 1. The Morgan fingerprint density at radius 3 is 2.76 bits per heavy atom. The van der Waals surface area contributed by atoms with E-state index >= 15 is 0 Å². The lowest BCUT2D eigenvalue weighted by Crippen LogP contribution is -2.40. The van der Waals surface area contributed by atoms with Crippen molar-refractivity contribution in [1.29, 1.82) is 0 Å². The van der Waals surface area contributed by atoms with Crippen LogP contribution in [-0.2, 0) is 17.9 Å². The zero-order chi connectivity index (χ0) is 27.4. The van der Waals surface area contributed by atoms with Crippen LogP contribution in [0.4, 0.5) is 0 Å². The second kappa shape index (κ2) is 11.5. The Labute approximate surface area is 221 Å². The van der Waals surface area contributed by atoms with Gasteiger partial charge >= 0.3 is 5.97 Å². The predicted molar refractivity (Wildman–Crippen MR) is 146 cm³/mol. The molecule has 1 aromatic carbocycles. The van der Waals surface area contributed by atoms with Crippen LogP contribution in [0, 0.1) is 12.3 Å². The van der Waals surface area contributed by atoms with Crippen molar-refractivity contribution in [3.63, 3.8) is 0 Å². The maximum Gasteiger partial charge on any atom is 0.309 e. The minimum atomic E-state index is -0.971. The molecule has 0 radical (unpaired) electrons. The molecule has 8 nitrogen and oxygen atoms in total. The number of hydrogen-bond acceptors (Lipinski definition) is 7. The molecule has 37 heavy (non-hydrogen) atoms. The summed E-state index contributed by atoms with van der Waals surface area (Å²) in [6.45, 7) is 14.6. The molecule has 3 rings (SSSR count). The Bertz CT molecular complexity index is 1130. The number of fused-ring (bicyclic) bond motifs is 1. The van der Waals surface area contributed by atoms with Crippen LogP contribution in [0.1, 0.15) is 75.8 Å². The summed E-state index contributed by atoms with van der Waals surface area (Å²) in [5.41, 5.74) is 9.79. The smallest absolute Gasteiger partial charge is 0.309 e. The molecule has 202 valence electrons. The minimum Gasteiger partial charge on any atom is -0.485 e. The van der Waals surface area contributed by atoms with Crippen LogP contribution in [0.5, 0.6) is 5.75 Å². The van der Waals surface area contributed by atoms with E-state index in [2.05, 4.69) is 48.9 Å². The summed E-state index contributed by atoms with van der Waals surface area (Å²) >= 11 is 0. The molecular formula is C29H43N5O3. The van der Waals surface area contributed by atoms with Crippen molar-refractivity contribution in [1.82, 2.24) is 14.9 Å². The van der Waals surface area contributed by atoms with E-state index in [0.29, 0.717) is 38.2 Å². The Morgan fingerprint density at radius 1 is 1.35 bits per heavy atom. The summed E-state index contributed by atoms with van der Waals surface area (Å²) in [4.78, 5) is 19.2. The highest BCUT2D eigenvalue weighted by atomic mass is 16.5. The molecule has 5 N–H and O–H groups in total.